The van der Waals surface area contributed by atoms with E-state index in [4.69, 9.17) is 10.2 Å². The lowest BCUT2D eigenvalue weighted by molar-refractivity contribution is 0.0972. The highest BCUT2D eigenvalue weighted by atomic mass is 16.3. The molecule has 24 heavy (non-hydrogen) atoms. The predicted molar refractivity (Wildman–Crippen MR) is 94.8 cm³/mol. The molecular weight excluding hydrogens is 300 g/mol. The zero-order chi connectivity index (χ0) is 17.3. The molecule has 128 valence electrons. The zero-order valence-electron chi connectivity index (χ0n) is 14.7. The maximum Gasteiger partial charge on any atom is 0.284 e. The lowest BCUT2D eigenvalue weighted by atomic mass is 9.78. The number of furan rings is 1. The van der Waals surface area contributed by atoms with E-state index in [0.29, 0.717) is 5.92 Å². The Labute approximate surface area is 143 Å². The van der Waals surface area contributed by atoms with Gasteiger partial charge < -0.3 is 10.2 Å². The van der Waals surface area contributed by atoms with E-state index in [2.05, 4.69) is 49.1 Å². The van der Waals surface area contributed by atoms with E-state index < -0.39 is 5.91 Å². The fourth-order valence-corrected chi connectivity index (χ4v) is 3.88. The van der Waals surface area contributed by atoms with Gasteiger partial charge in [0.25, 0.3) is 5.91 Å². The monoisotopic (exact) mass is 326 g/mol. The van der Waals surface area contributed by atoms with E-state index in [9.17, 15) is 4.79 Å². The van der Waals surface area contributed by atoms with Crippen LogP contribution < -0.4 is 5.73 Å². The van der Waals surface area contributed by atoms with Crippen molar-refractivity contribution in [2.45, 2.75) is 39.7 Å². The van der Waals surface area contributed by atoms with Crippen LogP contribution in [0.15, 0.2) is 40.8 Å². The Kier molecular flexibility index (Phi) is 4.50. The molecule has 1 atom stereocenters. The smallest absolute Gasteiger partial charge is 0.284 e. The fraction of sp³-hybridized carbons (Fsp3) is 0.450. The molecule has 1 aromatic carbocycles. The molecule has 2 heterocycles. The summed E-state index contributed by atoms with van der Waals surface area (Å²) in [7, 11) is 0. The Balaban J connectivity index is 1.79. The normalized spacial score (nSPS) is 20.4. The van der Waals surface area contributed by atoms with E-state index in [-0.39, 0.29) is 11.2 Å². The van der Waals surface area contributed by atoms with Crippen molar-refractivity contribution >= 4 is 5.91 Å². The van der Waals surface area contributed by atoms with Crippen LogP contribution in [0.5, 0.6) is 0 Å². The molecule has 3 rings (SSSR count). The first-order valence-electron chi connectivity index (χ1n) is 8.59. The number of aryl methyl sites for hydroxylation is 1. The van der Waals surface area contributed by atoms with Crippen LogP contribution in [0.4, 0.5) is 0 Å². The van der Waals surface area contributed by atoms with Gasteiger partial charge in [-0.05, 0) is 17.0 Å². The number of primary amides is 1. The maximum absolute atomic E-state index is 11.4. The van der Waals surface area contributed by atoms with Crippen LogP contribution in [-0.2, 0) is 13.0 Å². The second-order valence-corrected chi connectivity index (χ2v) is 7.40. The minimum absolute atomic E-state index is 0.212. The first-order chi connectivity index (χ1) is 11.4. The Morgan fingerprint density at radius 1 is 1.33 bits per heavy atom. The zero-order valence-corrected chi connectivity index (χ0v) is 14.7. The van der Waals surface area contributed by atoms with Crippen molar-refractivity contribution in [1.29, 1.82) is 0 Å². The third-order valence-corrected chi connectivity index (χ3v) is 5.07. The largest absolute Gasteiger partial charge is 0.456 e. The van der Waals surface area contributed by atoms with Gasteiger partial charge in [0.05, 0.1) is 0 Å². The van der Waals surface area contributed by atoms with Gasteiger partial charge >= 0.3 is 0 Å². The van der Waals surface area contributed by atoms with E-state index >= 15 is 0 Å². The third kappa shape index (κ3) is 3.24. The molecular formula is C20H26N2O2. The van der Waals surface area contributed by atoms with Crippen LogP contribution >= 0.6 is 0 Å². The Hall–Kier alpha value is -2.07. The van der Waals surface area contributed by atoms with Crippen LogP contribution in [-0.4, -0.2) is 23.9 Å². The molecule has 2 N–H and O–H groups in total. The summed E-state index contributed by atoms with van der Waals surface area (Å²) in [5, 5.41) is 0. The summed E-state index contributed by atoms with van der Waals surface area (Å²) in [6, 6.07) is 12.5. The summed E-state index contributed by atoms with van der Waals surface area (Å²) in [6.45, 7) is 9.52. The van der Waals surface area contributed by atoms with E-state index in [1.807, 2.05) is 13.0 Å². The van der Waals surface area contributed by atoms with Crippen LogP contribution in [0.3, 0.4) is 0 Å². The fourth-order valence-electron chi connectivity index (χ4n) is 3.88. The average Bonchev–Trinajstić information content (AvgIpc) is 3.08. The van der Waals surface area contributed by atoms with Gasteiger partial charge in [-0.1, -0.05) is 51.1 Å². The third-order valence-electron chi connectivity index (χ3n) is 5.07. The first-order valence-corrected chi connectivity index (χ1v) is 8.59. The lowest BCUT2D eigenvalue weighted by Crippen LogP contribution is -2.23. The number of rotatable bonds is 5. The Bertz CT molecular complexity index is 718. The van der Waals surface area contributed by atoms with Gasteiger partial charge in [-0.3, -0.25) is 9.69 Å². The number of nitrogens with zero attached hydrogens (tertiary/aromatic N) is 1. The number of benzene rings is 1. The lowest BCUT2D eigenvalue weighted by Gasteiger charge is -2.26. The van der Waals surface area contributed by atoms with Crippen molar-refractivity contribution in [2.24, 2.45) is 11.1 Å². The minimum Gasteiger partial charge on any atom is -0.456 e. The second-order valence-electron chi connectivity index (χ2n) is 7.40. The molecule has 1 fully saturated rings. The number of carbonyl (C=O) groups is 1. The quantitative estimate of drug-likeness (QED) is 0.914. The van der Waals surface area contributed by atoms with Gasteiger partial charge in [0.2, 0.25) is 0 Å². The highest BCUT2D eigenvalue weighted by molar-refractivity contribution is 5.90. The molecule has 1 unspecified atom stereocenters. The van der Waals surface area contributed by atoms with Gasteiger partial charge in [-0.25, -0.2) is 0 Å². The molecule has 2 aromatic rings. The molecule has 1 saturated heterocycles. The summed E-state index contributed by atoms with van der Waals surface area (Å²) in [6.07, 6.45) is 0.766. The van der Waals surface area contributed by atoms with E-state index in [1.165, 1.54) is 5.56 Å². The van der Waals surface area contributed by atoms with Crippen molar-refractivity contribution in [1.82, 2.24) is 4.90 Å². The number of hydrogen-bond donors (Lipinski definition) is 1. The van der Waals surface area contributed by atoms with Crippen LogP contribution in [0.25, 0.3) is 0 Å². The van der Waals surface area contributed by atoms with Gasteiger partial charge in [-0.2, -0.15) is 0 Å². The van der Waals surface area contributed by atoms with Crippen molar-refractivity contribution in [3.05, 3.63) is 59.0 Å². The summed E-state index contributed by atoms with van der Waals surface area (Å²) in [5.41, 5.74) is 8.04. The SMILES string of the molecule is CCc1oc(C(N)=O)cc1CN1CC(c2ccccc2)C(C)(C)C1. The summed E-state index contributed by atoms with van der Waals surface area (Å²) in [5.74, 6) is 1.14. The van der Waals surface area contributed by atoms with Gasteiger partial charge in [0.1, 0.15) is 5.76 Å². The van der Waals surface area contributed by atoms with Gasteiger partial charge in [-0.15, -0.1) is 0 Å². The number of carbonyl (C=O) groups excluding carboxylic acids is 1. The highest BCUT2D eigenvalue weighted by Gasteiger charge is 2.40. The standard InChI is InChI=1S/C20H26N2O2/c1-4-17-15(10-18(24-17)19(21)23)11-22-12-16(20(2,3)13-22)14-8-6-5-7-9-14/h5-10,16H,4,11-13H2,1-3H3,(H2,21,23). The van der Waals surface area contributed by atoms with Crippen molar-refractivity contribution in [3.63, 3.8) is 0 Å². The molecule has 4 heteroatoms. The van der Waals surface area contributed by atoms with Crippen molar-refractivity contribution in [2.75, 3.05) is 13.1 Å². The van der Waals surface area contributed by atoms with Gasteiger partial charge in [0, 0.05) is 37.5 Å². The van der Waals surface area contributed by atoms with Crippen LogP contribution in [0.1, 0.15) is 54.1 Å². The molecule has 0 aliphatic carbocycles. The number of nitrogens with two attached hydrogens (primary N) is 1. The summed E-state index contributed by atoms with van der Waals surface area (Å²) in [4.78, 5) is 13.8. The maximum atomic E-state index is 11.4. The minimum atomic E-state index is -0.500. The molecule has 4 nitrogen and oxygen atoms in total. The first kappa shape index (κ1) is 16.8. The molecule has 1 aromatic heterocycles. The molecule has 1 aliphatic rings. The topological polar surface area (TPSA) is 59.5 Å². The molecule has 0 spiro atoms. The summed E-state index contributed by atoms with van der Waals surface area (Å²) >= 11 is 0. The van der Waals surface area contributed by atoms with Crippen molar-refractivity contribution in [3.8, 4) is 0 Å². The predicted octanol–water partition coefficient (Wildman–Crippen LogP) is 3.57. The van der Waals surface area contributed by atoms with Crippen LogP contribution in [0, 0.1) is 5.41 Å². The second kappa shape index (κ2) is 6.44. The molecule has 0 saturated carbocycles. The van der Waals surface area contributed by atoms with E-state index in [1.54, 1.807) is 0 Å². The number of hydrogen-bond acceptors (Lipinski definition) is 3. The molecule has 0 radical (unpaired) electrons. The Morgan fingerprint density at radius 2 is 2.04 bits per heavy atom. The number of amides is 1. The van der Waals surface area contributed by atoms with Crippen molar-refractivity contribution < 1.29 is 9.21 Å². The molecule has 1 amide bonds. The summed E-state index contributed by atoms with van der Waals surface area (Å²) < 4.78 is 5.60. The van der Waals surface area contributed by atoms with E-state index in [0.717, 1.165) is 37.4 Å². The molecule has 1 aliphatic heterocycles. The molecule has 0 bridgehead atoms. The van der Waals surface area contributed by atoms with Gasteiger partial charge in [0.15, 0.2) is 5.76 Å². The highest BCUT2D eigenvalue weighted by Crippen LogP contribution is 2.42. The van der Waals surface area contributed by atoms with Crippen LogP contribution in [0.2, 0.25) is 0 Å². The average molecular weight is 326 g/mol. The Morgan fingerprint density at radius 3 is 2.67 bits per heavy atom. The number of likely N-dealkylation sites (tertiary alicyclic amines) is 1.